The maximum absolute atomic E-state index is 13.2. The minimum Gasteiger partial charge on any atom is -0.463 e. The smallest absolute Gasteiger partial charge is 0.336 e. The number of hydrogen-bond donors (Lipinski definition) is 1. The molecule has 0 amide bonds. The second-order valence-electron chi connectivity index (χ2n) is 8.43. The van der Waals surface area contributed by atoms with Gasteiger partial charge in [-0.2, -0.15) is 0 Å². The fraction of sp³-hybridized carbons (Fsp3) is 0.286. The first kappa shape index (κ1) is 24.6. The molecule has 0 unspecified atom stereocenters. The van der Waals surface area contributed by atoms with Gasteiger partial charge < -0.3 is 19.4 Å². The number of halogens is 1. The third-order valence-corrected chi connectivity index (χ3v) is 6.40. The van der Waals surface area contributed by atoms with Crippen molar-refractivity contribution in [2.24, 2.45) is 0 Å². The van der Waals surface area contributed by atoms with Gasteiger partial charge in [0, 0.05) is 40.1 Å². The Bertz CT molecular complexity index is 1290. The van der Waals surface area contributed by atoms with E-state index in [4.69, 9.17) is 21.1 Å². The average Bonchev–Trinajstić information content (AvgIpc) is 3.18. The number of fused-ring (bicyclic) bond motifs is 1. The van der Waals surface area contributed by atoms with Crippen LogP contribution in [0.4, 0.5) is 0 Å². The molecule has 0 aliphatic carbocycles. The first-order chi connectivity index (χ1) is 16.8. The normalized spacial score (nSPS) is 14.3. The number of dihydropyridines is 1. The number of carbonyl (C=O) groups is 2. The molecule has 4 rings (SSSR count). The predicted octanol–water partition coefficient (Wildman–Crippen LogP) is 5.70. The van der Waals surface area contributed by atoms with Gasteiger partial charge in [0.05, 0.1) is 30.3 Å². The molecule has 0 saturated carbocycles. The summed E-state index contributed by atoms with van der Waals surface area (Å²) in [6.45, 7) is 8.28. The minimum atomic E-state index is -0.634. The van der Waals surface area contributed by atoms with Crippen molar-refractivity contribution < 1.29 is 19.1 Å². The van der Waals surface area contributed by atoms with Crippen LogP contribution in [0, 0.1) is 0 Å². The molecule has 0 saturated heterocycles. The van der Waals surface area contributed by atoms with Gasteiger partial charge >= 0.3 is 11.9 Å². The molecule has 2 heterocycles. The molecule has 2 aromatic carbocycles. The predicted molar refractivity (Wildman–Crippen MR) is 137 cm³/mol. The van der Waals surface area contributed by atoms with E-state index in [1.807, 2.05) is 68.6 Å². The van der Waals surface area contributed by atoms with Crippen LogP contribution in [0.3, 0.4) is 0 Å². The van der Waals surface area contributed by atoms with E-state index in [2.05, 4.69) is 9.88 Å². The molecule has 1 N–H and O–H groups in total. The molecule has 6 nitrogen and oxygen atoms in total. The summed E-state index contributed by atoms with van der Waals surface area (Å²) < 4.78 is 13.0. The van der Waals surface area contributed by atoms with Crippen LogP contribution in [0.1, 0.15) is 44.7 Å². The Hall–Kier alpha value is -3.51. The summed E-state index contributed by atoms with van der Waals surface area (Å²) in [6.07, 6.45) is 2.02. The van der Waals surface area contributed by atoms with E-state index in [0.717, 1.165) is 22.0 Å². The Kier molecular flexibility index (Phi) is 7.31. The van der Waals surface area contributed by atoms with E-state index in [-0.39, 0.29) is 13.2 Å². The second-order valence-corrected chi connectivity index (χ2v) is 8.87. The molecule has 0 bridgehead atoms. The summed E-state index contributed by atoms with van der Waals surface area (Å²) in [5.41, 5.74) is 5.08. The lowest BCUT2D eigenvalue weighted by atomic mass is 9.80. The van der Waals surface area contributed by atoms with Gasteiger partial charge in [-0.3, -0.25) is 0 Å². The number of nitrogens with one attached hydrogen (secondary N) is 1. The quantitative estimate of drug-likeness (QED) is 0.428. The Balaban J connectivity index is 1.92. The van der Waals surface area contributed by atoms with Gasteiger partial charge in [0.1, 0.15) is 0 Å². The van der Waals surface area contributed by atoms with Crippen molar-refractivity contribution in [1.29, 1.82) is 0 Å². The maximum Gasteiger partial charge on any atom is 0.336 e. The van der Waals surface area contributed by atoms with E-state index in [1.165, 1.54) is 0 Å². The molecule has 7 heteroatoms. The molecule has 0 radical (unpaired) electrons. The molecule has 35 heavy (non-hydrogen) atoms. The SMILES string of the molecule is CCOC(=O)C1=C(C)NC(C)=C(C(=O)OCC)C1c1cn(Cc2ccc(Cl)cc2)c2ccccc12. The summed E-state index contributed by atoms with van der Waals surface area (Å²) in [4.78, 5) is 26.4. The van der Waals surface area contributed by atoms with Crippen molar-refractivity contribution in [3.63, 3.8) is 0 Å². The average molecular weight is 493 g/mol. The third kappa shape index (κ3) is 4.84. The number of ether oxygens (including phenoxy) is 2. The van der Waals surface area contributed by atoms with E-state index >= 15 is 0 Å². The van der Waals surface area contributed by atoms with E-state index < -0.39 is 17.9 Å². The van der Waals surface area contributed by atoms with Crippen LogP contribution in [0.25, 0.3) is 10.9 Å². The summed E-state index contributed by atoms with van der Waals surface area (Å²) in [7, 11) is 0. The molecule has 0 spiro atoms. The topological polar surface area (TPSA) is 69.6 Å². The number of nitrogens with zero attached hydrogens (tertiary/aromatic N) is 1. The van der Waals surface area contributed by atoms with Gasteiger partial charge in [-0.1, -0.05) is 41.9 Å². The molecule has 1 aromatic heterocycles. The number of hydrogen-bond acceptors (Lipinski definition) is 5. The van der Waals surface area contributed by atoms with Gasteiger partial charge in [-0.15, -0.1) is 0 Å². The van der Waals surface area contributed by atoms with Crippen LogP contribution in [-0.4, -0.2) is 29.7 Å². The van der Waals surface area contributed by atoms with Crippen molar-refractivity contribution in [2.45, 2.75) is 40.2 Å². The molecule has 0 atom stereocenters. The van der Waals surface area contributed by atoms with Gasteiger partial charge in [-0.05, 0) is 57.0 Å². The van der Waals surface area contributed by atoms with E-state index in [9.17, 15) is 9.59 Å². The lowest BCUT2D eigenvalue weighted by Crippen LogP contribution is -2.32. The van der Waals surface area contributed by atoms with Crippen molar-refractivity contribution in [3.05, 3.63) is 93.4 Å². The highest BCUT2D eigenvalue weighted by Crippen LogP contribution is 2.42. The molecule has 182 valence electrons. The van der Waals surface area contributed by atoms with Crippen LogP contribution >= 0.6 is 11.6 Å². The highest BCUT2D eigenvalue weighted by molar-refractivity contribution is 6.30. The Morgan fingerprint density at radius 1 is 0.914 bits per heavy atom. The van der Waals surface area contributed by atoms with Gasteiger partial charge in [0.15, 0.2) is 0 Å². The number of allylic oxidation sites excluding steroid dienone is 2. The summed E-state index contributed by atoms with van der Waals surface area (Å²) >= 11 is 6.07. The molecule has 3 aromatic rings. The lowest BCUT2D eigenvalue weighted by Gasteiger charge is -2.30. The first-order valence-electron chi connectivity index (χ1n) is 11.7. The Morgan fingerprint density at radius 3 is 2.06 bits per heavy atom. The van der Waals surface area contributed by atoms with Gasteiger partial charge in [0.25, 0.3) is 0 Å². The van der Waals surface area contributed by atoms with Gasteiger partial charge in [-0.25, -0.2) is 9.59 Å². The molecule has 1 aliphatic heterocycles. The minimum absolute atomic E-state index is 0.234. The zero-order chi connectivity index (χ0) is 25.1. The standard InChI is InChI=1S/C28H29ClN2O4/c1-5-34-27(32)24-17(3)30-18(4)25(28(33)35-6-2)26(24)22-16-31(23-10-8-7-9-21(22)23)15-19-11-13-20(29)14-12-19/h7-14,16,26,30H,5-6,15H2,1-4H3. The molecule has 0 fully saturated rings. The molecular formula is C28H29ClN2O4. The maximum atomic E-state index is 13.2. The van der Waals surface area contributed by atoms with Crippen LogP contribution < -0.4 is 5.32 Å². The fourth-order valence-electron chi connectivity index (χ4n) is 4.69. The van der Waals surface area contributed by atoms with Crippen molar-refractivity contribution in [3.8, 4) is 0 Å². The van der Waals surface area contributed by atoms with E-state index in [0.29, 0.717) is 34.1 Å². The highest BCUT2D eigenvalue weighted by atomic mass is 35.5. The summed E-state index contributed by atoms with van der Waals surface area (Å²) in [5, 5.41) is 4.83. The monoisotopic (exact) mass is 492 g/mol. The van der Waals surface area contributed by atoms with Crippen LogP contribution in [-0.2, 0) is 25.6 Å². The number of aromatic nitrogens is 1. The zero-order valence-electron chi connectivity index (χ0n) is 20.4. The Labute approximate surface area is 210 Å². The highest BCUT2D eigenvalue weighted by Gasteiger charge is 2.39. The third-order valence-electron chi connectivity index (χ3n) is 6.15. The summed E-state index contributed by atoms with van der Waals surface area (Å²) in [6, 6.07) is 15.7. The zero-order valence-corrected chi connectivity index (χ0v) is 21.1. The largest absolute Gasteiger partial charge is 0.463 e. The number of para-hydroxylation sites is 1. The van der Waals surface area contributed by atoms with Crippen LogP contribution in [0.15, 0.2) is 77.3 Å². The fourth-order valence-corrected chi connectivity index (χ4v) is 4.81. The summed E-state index contributed by atoms with van der Waals surface area (Å²) in [5.74, 6) is -1.54. The van der Waals surface area contributed by atoms with Gasteiger partial charge in [0.2, 0.25) is 0 Å². The van der Waals surface area contributed by atoms with Crippen molar-refractivity contribution in [2.75, 3.05) is 13.2 Å². The molecule has 1 aliphatic rings. The molecular weight excluding hydrogens is 464 g/mol. The number of benzene rings is 2. The second kappa shape index (κ2) is 10.4. The van der Waals surface area contributed by atoms with Crippen molar-refractivity contribution in [1.82, 2.24) is 9.88 Å². The number of carbonyl (C=O) groups excluding carboxylic acids is 2. The van der Waals surface area contributed by atoms with Crippen LogP contribution in [0.5, 0.6) is 0 Å². The Morgan fingerprint density at radius 2 is 1.49 bits per heavy atom. The van der Waals surface area contributed by atoms with Crippen molar-refractivity contribution >= 4 is 34.4 Å². The van der Waals surface area contributed by atoms with E-state index in [1.54, 1.807) is 13.8 Å². The number of rotatable bonds is 7. The van der Waals surface area contributed by atoms with Crippen LogP contribution in [0.2, 0.25) is 5.02 Å². The number of esters is 2. The first-order valence-corrected chi connectivity index (χ1v) is 12.1. The lowest BCUT2D eigenvalue weighted by molar-refractivity contribution is -0.139.